The van der Waals surface area contributed by atoms with Crippen LogP contribution in [0.25, 0.3) is 0 Å². The number of nitrogens with zero attached hydrogens (tertiary/aromatic N) is 2. The van der Waals surface area contributed by atoms with Crippen LogP contribution < -0.4 is 0 Å². The van der Waals surface area contributed by atoms with Crippen molar-refractivity contribution in [2.75, 3.05) is 33.2 Å². The minimum Gasteiger partial charge on any atom is -0.305 e. The van der Waals surface area contributed by atoms with Gasteiger partial charge in [0.25, 0.3) is 0 Å². The van der Waals surface area contributed by atoms with Gasteiger partial charge in [0.2, 0.25) is 0 Å². The minimum atomic E-state index is 0.866. The molecule has 0 heterocycles. The summed E-state index contributed by atoms with van der Waals surface area (Å²) in [7, 11) is 2.23. The lowest BCUT2D eigenvalue weighted by Crippen LogP contribution is -2.40. The fraction of sp³-hybridized carbons (Fsp3) is 1.00. The number of hydrogen-bond donors (Lipinski definition) is 0. The molecule has 2 heteroatoms. The largest absolute Gasteiger partial charge is 0.305 e. The molecule has 0 aliphatic heterocycles. The molecule has 2 nitrogen and oxygen atoms in total. The highest BCUT2D eigenvalue weighted by atomic mass is 15.2. The molecule has 102 valence electrons. The van der Waals surface area contributed by atoms with Crippen LogP contribution in [0.1, 0.15) is 58.8 Å². The van der Waals surface area contributed by atoms with Gasteiger partial charge in [0.15, 0.2) is 0 Å². The lowest BCUT2D eigenvalue weighted by Gasteiger charge is -2.33. The lowest BCUT2D eigenvalue weighted by atomic mass is 9.95. The molecule has 0 atom stereocenters. The van der Waals surface area contributed by atoms with Gasteiger partial charge in [0.1, 0.15) is 0 Å². The first-order chi connectivity index (χ1) is 8.27. The molecule has 1 fully saturated rings. The Balaban J connectivity index is 2.35. The zero-order chi connectivity index (χ0) is 12.5. The van der Waals surface area contributed by atoms with Gasteiger partial charge in [-0.3, -0.25) is 4.90 Å². The highest BCUT2D eigenvalue weighted by Crippen LogP contribution is 2.21. The molecule has 1 aliphatic carbocycles. The van der Waals surface area contributed by atoms with E-state index < -0.39 is 0 Å². The third-order valence-electron chi connectivity index (χ3n) is 4.31. The summed E-state index contributed by atoms with van der Waals surface area (Å²) in [6.07, 6.45) is 10.2. The average molecular weight is 240 g/mol. The maximum atomic E-state index is 2.72. The average Bonchev–Trinajstić information content (AvgIpc) is 2.31. The summed E-state index contributed by atoms with van der Waals surface area (Å²) in [5, 5.41) is 0. The molecule has 17 heavy (non-hydrogen) atoms. The van der Waals surface area contributed by atoms with Gasteiger partial charge >= 0.3 is 0 Å². The molecule has 0 amide bonds. The molecule has 0 spiro atoms. The molecule has 0 aromatic rings. The number of rotatable bonds is 6. The molecule has 1 rings (SSSR count). The van der Waals surface area contributed by atoms with Crippen LogP contribution >= 0.6 is 0 Å². The van der Waals surface area contributed by atoms with Gasteiger partial charge < -0.3 is 4.90 Å². The van der Waals surface area contributed by atoms with Crippen molar-refractivity contribution in [1.82, 2.24) is 9.80 Å². The molecular formula is C15H32N2. The SMILES string of the molecule is CCN(C)CCN(CC)C1CCCCCCC1. The van der Waals surface area contributed by atoms with Crippen molar-refractivity contribution in [3.63, 3.8) is 0 Å². The van der Waals surface area contributed by atoms with E-state index in [1.807, 2.05) is 0 Å². The van der Waals surface area contributed by atoms with Crippen molar-refractivity contribution in [2.45, 2.75) is 64.8 Å². The molecule has 0 saturated heterocycles. The summed E-state index contributed by atoms with van der Waals surface area (Å²) in [6.45, 7) is 9.44. The Bertz CT molecular complexity index is 174. The molecule has 1 saturated carbocycles. The van der Waals surface area contributed by atoms with Gasteiger partial charge in [-0.25, -0.2) is 0 Å². The molecule has 1 aliphatic rings. The third-order valence-corrected chi connectivity index (χ3v) is 4.31. The first-order valence-corrected chi connectivity index (χ1v) is 7.70. The zero-order valence-electron chi connectivity index (χ0n) is 12.2. The van der Waals surface area contributed by atoms with E-state index in [0.717, 1.165) is 6.04 Å². The molecule has 0 aromatic carbocycles. The quantitative estimate of drug-likeness (QED) is 0.702. The van der Waals surface area contributed by atoms with Crippen molar-refractivity contribution in [2.24, 2.45) is 0 Å². The van der Waals surface area contributed by atoms with Crippen LogP contribution in [0.3, 0.4) is 0 Å². The van der Waals surface area contributed by atoms with E-state index in [1.54, 1.807) is 0 Å². The van der Waals surface area contributed by atoms with Crippen molar-refractivity contribution < 1.29 is 0 Å². The van der Waals surface area contributed by atoms with Crippen molar-refractivity contribution in [3.8, 4) is 0 Å². The van der Waals surface area contributed by atoms with E-state index in [2.05, 4.69) is 30.7 Å². The number of hydrogen-bond acceptors (Lipinski definition) is 2. The Hall–Kier alpha value is -0.0800. The second-order valence-electron chi connectivity index (χ2n) is 5.52. The van der Waals surface area contributed by atoms with E-state index in [1.165, 1.54) is 71.1 Å². The van der Waals surface area contributed by atoms with Gasteiger partial charge in [-0.2, -0.15) is 0 Å². The fourth-order valence-electron chi connectivity index (χ4n) is 2.86. The highest BCUT2D eigenvalue weighted by molar-refractivity contribution is 4.74. The Morgan fingerprint density at radius 2 is 1.41 bits per heavy atom. The van der Waals surface area contributed by atoms with Crippen LogP contribution in [0.5, 0.6) is 0 Å². The smallest absolute Gasteiger partial charge is 0.0112 e. The maximum absolute atomic E-state index is 2.72. The fourth-order valence-corrected chi connectivity index (χ4v) is 2.86. The third kappa shape index (κ3) is 5.87. The first kappa shape index (κ1) is 15.0. The highest BCUT2D eigenvalue weighted by Gasteiger charge is 2.17. The molecule has 0 radical (unpaired) electrons. The van der Waals surface area contributed by atoms with Gasteiger partial charge in [-0.05, 0) is 33.0 Å². The summed E-state index contributed by atoms with van der Waals surface area (Å²) in [5.74, 6) is 0. The summed E-state index contributed by atoms with van der Waals surface area (Å²) in [6, 6.07) is 0.866. The maximum Gasteiger partial charge on any atom is 0.0112 e. The summed E-state index contributed by atoms with van der Waals surface area (Å²) in [5.41, 5.74) is 0. The second kappa shape index (κ2) is 8.93. The predicted molar refractivity (Wildman–Crippen MR) is 76.5 cm³/mol. The first-order valence-electron chi connectivity index (χ1n) is 7.70. The minimum absolute atomic E-state index is 0.866. The predicted octanol–water partition coefficient (Wildman–Crippen LogP) is 3.37. The lowest BCUT2D eigenvalue weighted by molar-refractivity contribution is 0.155. The van der Waals surface area contributed by atoms with Crippen LogP contribution in [0.15, 0.2) is 0 Å². The monoisotopic (exact) mass is 240 g/mol. The van der Waals surface area contributed by atoms with Gasteiger partial charge in [-0.15, -0.1) is 0 Å². The second-order valence-corrected chi connectivity index (χ2v) is 5.52. The van der Waals surface area contributed by atoms with Crippen molar-refractivity contribution >= 4 is 0 Å². The van der Waals surface area contributed by atoms with Crippen LogP contribution in [0, 0.1) is 0 Å². The summed E-state index contributed by atoms with van der Waals surface area (Å²) < 4.78 is 0. The van der Waals surface area contributed by atoms with E-state index in [0.29, 0.717) is 0 Å². The van der Waals surface area contributed by atoms with Gasteiger partial charge in [0, 0.05) is 19.1 Å². The Morgan fingerprint density at radius 3 is 1.94 bits per heavy atom. The molecular weight excluding hydrogens is 208 g/mol. The van der Waals surface area contributed by atoms with Crippen LogP contribution in [-0.2, 0) is 0 Å². The van der Waals surface area contributed by atoms with Gasteiger partial charge in [-0.1, -0.05) is 46.0 Å². The molecule has 0 unspecified atom stereocenters. The zero-order valence-corrected chi connectivity index (χ0v) is 12.2. The molecule has 0 N–H and O–H groups in total. The topological polar surface area (TPSA) is 6.48 Å². The molecule has 0 aromatic heterocycles. The van der Waals surface area contributed by atoms with E-state index in [4.69, 9.17) is 0 Å². The van der Waals surface area contributed by atoms with Gasteiger partial charge in [0.05, 0.1) is 0 Å². The number of likely N-dealkylation sites (N-methyl/N-ethyl adjacent to an activating group) is 2. The molecule has 0 bridgehead atoms. The summed E-state index contributed by atoms with van der Waals surface area (Å²) in [4.78, 5) is 5.14. The Kier molecular flexibility index (Phi) is 7.87. The normalized spacial score (nSPS) is 19.6. The Labute approximate surface area is 108 Å². The van der Waals surface area contributed by atoms with E-state index >= 15 is 0 Å². The van der Waals surface area contributed by atoms with E-state index in [-0.39, 0.29) is 0 Å². The van der Waals surface area contributed by atoms with Crippen molar-refractivity contribution in [3.05, 3.63) is 0 Å². The van der Waals surface area contributed by atoms with Crippen LogP contribution in [0.2, 0.25) is 0 Å². The standard InChI is InChI=1S/C15H32N2/c1-4-16(3)13-14-17(5-2)15-11-9-7-6-8-10-12-15/h15H,4-14H2,1-3H3. The Morgan fingerprint density at radius 1 is 0.824 bits per heavy atom. The van der Waals surface area contributed by atoms with Crippen LogP contribution in [-0.4, -0.2) is 49.1 Å². The van der Waals surface area contributed by atoms with Crippen molar-refractivity contribution in [1.29, 1.82) is 0 Å². The summed E-state index contributed by atoms with van der Waals surface area (Å²) >= 11 is 0. The van der Waals surface area contributed by atoms with E-state index in [9.17, 15) is 0 Å². The van der Waals surface area contributed by atoms with Crippen LogP contribution in [0.4, 0.5) is 0 Å².